The monoisotopic (exact) mass is 409 g/mol. The molecule has 0 spiro atoms. The molecule has 8 unspecified atom stereocenters. The zero-order valence-electron chi connectivity index (χ0n) is 16.9. The number of hydrogen-bond acceptors (Lipinski definition) is 7. The summed E-state index contributed by atoms with van der Waals surface area (Å²) in [5.41, 5.74) is 1.04. The molecule has 0 aromatic rings. The van der Waals surface area contributed by atoms with E-state index >= 15 is 0 Å². The number of methoxy groups -OCH3 is 2. The van der Waals surface area contributed by atoms with Crippen LogP contribution in [0.4, 0.5) is 0 Å². The van der Waals surface area contributed by atoms with Crippen LogP contribution in [0.25, 0.3) is 0 Å². The highest BCUT2D eigenvalue weighted by Gasteiger charge is 2.48. The van der Waals surface area contributed by atoms with Crippen LogP contribution in [0.2, 0.25) is 0 Å². The molecule has 0 saturated carbocycles. The first-order chi connectivity index (χ1) is 13.5. The fraction of sp³-hybridized carbons (Fsp3) is 0.850. The molecule has 4 rings (SSSR count). The Balaban J connectivity index is 1.50. The molecule has 8 heteroatoms. The fourth-order valence-corrected chi connectivity index (χ4v) is 6.45. The fourth-order valence-electron chi connectivity index (χ4n) is 5.18. The summed E-state index contributed by atoms with van der Waals surface area (Å²) in [6, 6.07) is 0.376. The molecule has 2 fully saturated rings. The Kier molecular flexibility index (Phi) is 6.11. The lowest BCUT2D eigenvalue weighted by Gasteiger charge is -2.35. The molecule has 156 valence electrons. The van der Waals surface area contributed by atoms with Crippen LogP contribution in [0.3, 0.4) is 0 Å². The number of rotatable bonds is 5. The first kappa shape index (κ1) is 20.3. The number of carbonyl (C=O) groups is 1. The molecular formula is C20H31N3O4S. The van der Waals surface area contributed by atoms with Crippen molar-refractivity contribution >= 4 is 29.6 Å². The van der Waals surface area contributed by atoms with Crippen molar-refractivity contribution in [3.63, 3.8) is 0 Å². The maximum absolute atomic E-state index is 13.1. The van der Waals surface area contributed by atoms with E-state index in [2.05, 4.69) is 11.9 Å². The first-order valence-corrected chi connectivity index (χ1v) is 11.3. The Bertz CT molecular complexity index is 657. The van der Waals surface area contributed by atoms with E-state index in [0.29, 0.717) is 6.54 Å². The molecule has 4 heterocycles. The molecule has 0 bridgehead atoms. The molecule has 4 aliphatic heterocycles. The minimum atomic E-state index is -0.245. The number of aliphatic imine (C=N–C) groups is 2. The molecule has 8 atom stereocenters. The standard InChI is InChI=1S/C20H31N3O4S/c1-11-4-15(12-5-17(26-2)19(27-3)21-7-12)22-16-8-23(20(25)18(11)16)13-6-14(9-24)28-10-13/h7,11-15,17-19,24H,4-6,8-10H2,1-3H3. The van der Waals surface area contributed by atoms with E-state index in [4.69, 9.17) is 14.5 Å². The van der Waals surface area contributed by atoms with Gasteiger partial charge in [-0.15, -0.1) is 0 Å². The van der Waals surface area contributed by atoms with Gasteiger partial charge in [-0.2, -0.15) is 11.8 Å². The lowest BCUT2D eigenvalue weighted by Crippen LogP contribution is -2.42. The molecule has 2 saturated heterocycles. The van der Waals surface area contributed by atoms with Gasteiger partial charge in [-0.05, 0) is 25.2 Å². The largest absolute Gasteiger partial charge is 0.395 e. The van der Waals surface area contributed by atoms with Crippen molar-refractivity contribution in [1.29, 1.82) is 0 Å². The third-order valence-electron chi connectivity index (χ3n) is 6.74. The second-order valence-electron chi connectivity index (χ2n) is 8.47. The molecule has 0 radical (unpaired) electrons. The van der Waals surface area contributed by atoms with Crippen molar-refractivity contribution in [2.45, 2.75) is 55.9 Å². The molecule has 0 aromatic carbocycles. The number of thioether (sulfide) groups is 1. The third-order valence-corrected chi connectivity index (χ3v) is 8.13. The summed E-state index contributed by atoms with van der Waals surface area (Å²) in [7, 11) is 3.36. The van der Waals surface area contributed by atoms with E-state index in [1.807, 2.05) is 11.1 Å². The van der Waals surface area contributed by atoms with E-state index in [9.17, 15) is 9.90 Å². The van der Waals surface area contributed by atoms with E-state index in [1.54, 1.807) is 26.0 Å². The molecule has 7 nitrogen and oxygen atoms in total. The summed E-state index contributed by atoms with van der Waals surface area (Å²) in [6.07, 6.45) is 4.31. The Morgan fingerprint density at radius 1 is 1.29 bits per heavy atom. The van der Waals surface area contributed by atoms with Gasteiger partial charge in [-0.1, -0.05) is 6.92 Å². The molecule has 1 amide bonds. The maximum atomic E-state index is 13.1. The lowest BCUT2D eigenvalue weighted by atomic mass is 9.78. The highest BCUT2D eigenvalue weighted by Crippen LogP contribution is 2.39. The number of nitrogens with zero attached hydrogens (tertiary/aromatic N) is 3. The molecule has 28 heavy (non-hydrogen) atoms. The summed E-state index contributed by atoms with van der Waals surface area (Å²) < 4.78 is 11.0. The number of fused-ring (bicyclic) bond motifs is 1. The molecule has 0 aromatic heterocycles. The van der Waals surface area contributed by atoms with Crippen LogP contribution in [-0.4, -0.2) is 90.6 Å². The van der Waals surface area contributed by atoms with E-state index in [0.717, 1.165) is 30.7 Å². The topological polar surface area (TPSA) is 83.7 Å². The number of likely N-dealkylation sites (tertiary alicyclic amines) is 1. The summed E-state index contributed by atoms with van der Waals surface area (Å²) >= 11 is 1.77. The minimum absolute atomic E-state index is 0.0548. The number of carbonyl (C=O) groups excluding carboxylic acids is 1. The van der Waals surface area contributed by atoms with E-state index in [1.165, 1.54) is 0 Å². The Labute approximate surface area is 171 Å². The van der Waals surface area contributed by atoms with Crippen LogP contribution < -0.4 is 0 Å². The van der Waals surface area contributed by atoms with Gasteiger partial charge in [0.15, 0.2) is 6.23 Å². The normalized spacial score (nSPS) is 43.4. The van der Waals surface area contributed by atoms with Gasteiger partial charge in [-0.25, -0.2) is 0 Å². The van der Waals surface area contributed by atoms with Gasteiger partial charge in [-0.3, -0.25) is 14.8 Å². The van der Waals surface area contributed by atoms with Gasteiger partial charge in [0.1, 0.15) is 6.10 Å². The Hall–Kier alpha value is -0.960. The predicted molar refractivity (Wildman–Crippen MR) is 110 cm³/mol. The van der Waals surface area contributed by atoms with Crippen LogP contribution >= 0.6 is 11.8 Å². The van der Waals surface area contributed by atoms with Gasteiger partial charge in [0.05, 0.1) is 25.1 Å². The summed E-state index contributed by atoms with van der Waals surface area (Å²) in [4.78, 5) is 24.7. The zero-order chi connectivity index (χ0) is 19.8. The number of ether oxygens (including phenoxy) is 2. The van der Waals surface area contributed by atoms with Crippen molar-refractivity contribution < 1.29 is 19.4 Å². The third kappa shape index (κ3) is 3.64. The molecule has 1 N–H and O–H groups in total. The number of amides is 1. The predicted octanol–water partition coefficient (Wildman–Crippen LogP) is 1.24. The second kappa shape index (κ2) is 8.42. The molecule has 4 aliphatic rings. The lowest BCUT2D eigenvalue weighted by molar-refractivity contribution is -0.133. The maximum Gasteiger partial charge on any atom is 0.232 e. The van der Waals surface area contributed by atoms with Gasteiger partial charge < -0.3 is 19.5 Å². The highest BCUT2D eigenvalue weighted by molar-refractivity contribution is 8.00. The van der Waals surface area contributed by atoms with Gasteiger partial charge in [0.2, 0.25) is 5.91 Å². The van der Waals surface area contributed by atoms with Gasteiger partial charge in [0, 0.05) is 49.1 Å². The van der Waals surface area contributed by atoms with Crippen LogP contribution in [0.1, 0.15) is 26.2 Å². The average molecular weight is 410 g/mol. The number of hydrogen-bond donors (Lipinski definition) is 1. The number of aliphatic hydroxyl groups excluding tert-OH is 1. The SMILES string of the molecule is COC1CC(C2CC(C)C3C(=O)N(C4CSC(CO)C4)CC3=N2)C=NC1OC. The van der Waals surface area contributed by atoms with Gasteiger partial charge >= 0.3 is 0 Å². The minimum Gasteiger partial charge on any atom is -0.395 e. The van der Waals surface area contributed by atoms with Crippen molar-refractivity contribution in [1.82, 2.24) is 4.90 Å². The van der Waals surface area contributed by atoms with E-state index < -0.39 is 0 Å². The van der Waals surface area contributed by atoms with Crippen molar-refractivity contribution in [2.24, 2.45) is 27.7 Å². The van der Waals surface area contributed by atoms with E-state index in [-0.39, 0.29) is 59.9 Å². The Morgan fingerprint density at radius 2 is 2.11 bits per heavy atom. The highest BCUT2D eigenvalue weighted by atomic mass is 32.2. The quantitative estimate of drug-likeness (QED) is 0.739. The average Bonchev–Trinajstić information content (AvgIpc) is 3.31. The van der Waals surface area contributed by atoms with Crippen molar-refractivity contribution in [3.05, 3.63) is 0 Å². The van der Waals surface area contributed by atoms with Crippen LogP contribution in [0.5, 0.6) is 0 Å². The second-order valence-corrected chi connectivity index (χ2v) is 9.80. The van der Waals surface area contributed by atoms with Crippen LogP contribution in [0.15, 0.2) is 9.98 Å². The first-order valence-electron chi connectivity index (χ1n) is 10.2. The Morgan fingerprint density at radius 3 is 2.79 bits per heavy atom. The summed E-state index contributed by atoms with van der Waals surface area (Å²) in [5, 5.41) is 9.67. The van der Waals surface area contributed by atoms with Crippen LogP contribution in [-0.2, 0) is 14.3 Å². The van der Waals surface area contributed by atoms with Gasteiger partial charge in [0.25, 0.3) is 0 Å². The zero-order valence-corrected chi connectivity index (χ0v) is 17.7. The summed E-state index contributed by atoms with van der Waals surface area (Å²) in [5.74, 6) is 1.59. The van der Waals surface area contributed by atoms with Crippen molar-refractivity contribution in [2.75, 3.05) is 33.1 Å². The number of aliphatic hydroxyl groups is 1. The summed E-state index contributed by atoms with van der Waals surface area (Å²) in [6.45, 7) is 3.02. The molecular weight excluding hydrogens is 378 g/mol. The van der Waals surface area contributed by atoms with Crippen molar-refractivity contribution in [3.8, 4) is 0 Å². The van der Waals surface area contributed by atoms with Crippen LogP contribution in [0, 0.1) is 17.8 Å². The smallest absolute Gasteiger partial charge is 0.232 e. The molecule has 0 aliphatic carbocycles.